The first-order valence-electron chi connectivity index (χ1n) is 5.52. The number of aryl methyl sites for hydroxylation is 1. The summed E-state index contributed by atoms with van der Waals surface area (Å²) < 4.78 is 0. The van der Waals surface area contributed by atoms with Gasteiger partial charge in [0.25, 0.3) is 0 Å². The zero-order valence-corrected chi connectivity index (χ0v) is 11.7. The van der Waals surface area contributed by atoms with Crippen molar-refractivity contribution in [2.45, 2.75) is 12.1 Å². The smallest absolute Gasteiger partial charge is 0.189 e. The summed E-state index contributed by atoms with van der Waals surface area (Å²) in [5, 5.41) is 1.82. The first-order valence-corrected chi connectivity index (χ1v) is 7.56. The van der Waals surface area contributed by atoms with Crippen LogP contribution in [0.3, 0.4) is 0 Å². The SMILES string of the molecule is CSc1nc(-c2ccccc2)c2nc(C)sc2n1. The van der Waals surface area contributed by atoms with Gasteiger partial charge in [-0.1, -0.05) is 53.4 Å². The van der Waals surface area contributed by atoms with Crippen LogP contribution in [0.4, 0.5) is 0 Å². The Kier molecular flexibility index (Phi) is 3.01. The molecule has 0 fully saturated rings. The minimum Gasteiger partial charge on any atom is -0.237 e. The molecule has 3 rings (SSSR count). The maximum atomic E-state index is 4.60. The van der Waals surface area contributed by atoms with E-state index in [0.29, 0.717) is 0 Å². The van der Waals surface area contributed by atoms with Gasteiger partial charge in [0.15, 0.2) is 5.16 Å². The molecular weight excluding hydrogens is 262 g/mol. The van der Waals surface area contributed by atoms with Gasteiger partial charge in [-0.15, -0.1) is 0 Å². The van der Waals surface area contributed by atoms with Gasteiger partial charge in [-0.3, -0.25) is 0 Å². The van der Waals surface area contributed by atoms with Crippen LogP contribution in [0.25, 0.3) is 21.6 Å². The Morgan fingerprint density at radius 3 is 2.56 bits per heavy atom. The second-order valence-corrected chi connectivity index (χ2v) is 5.77. The molecule has 3 aromatic rings. The van der Waals surface area contributed by atoms with Crippen LogP contribution in [0.15, 0.2) is 35.5 Å². The lowest BCUT2D eigenvalue weighted by Crippen LogP contribution is -1.91. The van der Waals surface area contributed by atoms with Crippen molar-refractivity contribution in [1.29, 1.82) is 0 Å². The van der Waals surface area contributed by atoms with Crippen LogP contribution < -0.4 is 0 Å². The van der Waals surface area contributed by atoms with E-state index >= 15 is 0 Å². The quantitative estimate of drug-likeness (QED) is 0.526. The molecule has 0 bridgehead atoms. The van der Waals surface area contributed by atoms with Gasteiger partial charge in [-0.25, -0.2) is 15.0 Å². The van der Waals surface area contributed by atoms with Crippen molar-refractivity contribution in [3.63, 3.8) is 0 Å². The number of rotatable bonds is 2. The summed E-state index contributed by atoms with van der Waals surface area (Å²) in [6.07, 6.45) is 1.99. The van der Waals surface area contributed by atoms with Gasteiger partial charge in [-0.05, 0) is 13.2 Å². The number of thioether (sulfide) groups is 1. The first kappa shape index (κ1) is 11.6. The van der Waals surface area contributed by atoms with E-state index in [9.17, 15) is 0 Å². The fraction of sp³-hybridized carbons (Fsp3) is 0.154. The summed E-state index contributed by atoms with van der Waals surface area (Å²) in [4.78, 5) is 14.6. The van der Waals surface area contributed by atoms with Gasteiger partial charge in [0, 0.05) is 5.56 Å². The van der Waals surface area contributed by atoms with Gasteiger partial charge in [0.1, 0.15) is 16.0 Å². The molecule has 0 N–H and O–H groups in total. The van der Waals surface area contributed by atoms with E-state index in [1.807, 2.05) is 31.4 Å². The van der Waals surface area contributed by atoms with Crippen molar-refractivity contribution in [2.24, 2.45) is 0 Å². The van der Waals surface area contributed by atoms with Crippen LogP contribution in [-0.2, 0) is 0 Å². The van der Waals surface area contributed by atoms with E-state index in [0.717, 1.165) is 31.8 Å². The summed E-state index contributed by atoms with van der Waals surface area (Å²) in [5.74, 6) is 0. The zero-order chi connectivity index (χ0) is 12.5. The third-order valence-corrected chi connectivity index (χ3v) is 3.99. The van der Waals surface area contributed by atoms with Gasteiger partial charge in [0.05, 0.1) is 5.01 Å². The van der Waals surface area contributed by atoms with Crippen molar-refractivity contribution < 1.29 is 0 Å². The predicted octanol–water partition coefficient (Wildman–Crippen LogP) is 3.78. The summed E-state index contributed by atoms with van der Waals surface area (Å²) in [6.45, 7) is 2.00. The number of aromatic nitrogens is 3. The number of benzene rings is 1. The number of hydrogen-bond acceptors (Lipinski definition) is 5. The number of thiazole rings is 1. The van der Waals surface area contributed by atoms with Gasteiger partial charge in [0.2, 0.25) is 0 Å². The fourth-order valence-electron chi connectivity index (χ4n) is 1.80. The Labute approximate surface area is 113 Å². The van der Waals surface area contributed by atoms with Gasteiger partial charge >= 0.3 is 0 Å². The molecule has 2 aromatic heterocycles. The third kappa shape index (κ3) is 2.00. The topological polar surface area (TPSA) is 38.7 Å². The molecule has 0 saturated carbocycles. The maximum absolute atomic E-state index is 4.60. The molecule has 0 spiro atoms. The molecule has 0 radical (unpaired) electrons. The second-order valence-electron chi connectivity index (χ2n) is 3.81. The maximum Gasteiger partial charge on any atom is 0.189 e. The average molecular weight is 273 g/mol. The molecule has 3 nitrogen and oxygen atoms in total. The van der Waals surface area contributed by atoms with Crippen molar-refractivity contribution in [3.8, 4) is 11.3 Å². The molecule has 90 valence electrons. The highest BCUT2D eigenvalue weighted by Gasteiger charge is 2.13. The van der Waals surface area contributed by atoms with Crippen molar-refractivity contribution in [2.75, 3.05) is 6.26 Å². The first-order chi connectivity index (χ1) is 8.78. The molecule has 0 aliphatic heterocycles. The molecule has 0 unspecified atom stereocenters. The Morgan fingerprint density at radius 1 is 1.06 bits per heavy atom. The summed E-state index contributed by atoms with van der Waals surface area (Å²) in [7, 11) is 0. The van der Waals surface area contributed by atoms with E-state index in [1.165, 1.54) is 0 Å². The Hall–Kier alpha value is -1.46. The normalized spacial score (nSPS) is 11.0. The van der Waals surface area contributed by atoms with Crippen LogP contribution in [-0.4, -0.2) is 21.2 Å². The molecule has 0 aliphatic rings. The van der Waals surface area contributed by atoms with Crippen LogP contribution in [0.2, 0.25) is 0 Å². The highest BCUT2D eigenvalue weighted by molar-refractivity contribution is 7.98. The number of hydrogen-bond donors (Lipinski definition) is 0. The van der Waals surface area contributed by atoms with E-state index in [2.05, 4.69) is 27.1 Å². The fourth-order valence-corrected chi connectivity index (χ4v) is 3.01. The van der Waals surface area contributed by atoms with Crippen LogP contribution in [0.5, 0.6) is 0 Å². The van der Waals surface area contributed by atoms with Gasteiger partial charge < -0.3 is 0 Å². The second kappa shape index (κ2) is 4.66. The van der Waals surface area contributed by atoms with E-state index < -0.39 is 0 Å². The summed E-state index contributed by atoms with van der Waals surface area (Å²) in [5.41, 5.74) is 2.92. The molecule has 1 aromatic carbocycles. The minimum absolute atomic E-state index is 0.796. The van der Waals surface area contributed by atoms with E-state index in [-0.39, 0.29) is 0 Å². The third-order valence-electron chi connectivity index (χ3n) is 2.57. The average Bonchev–Trinajstić information content (AvgIpc) is 2.78. The monoisotopic (exact) mass is 273 g/mol. The van der Waals surface area contributed by atoms with Crippen LogP contribution in [0, 0.1) is 6.92 Å². The molecule has 0 atom stereocenters. The van der Waals surface area contributed by atoms with Crippen molar-refractivity contribution in [1.82, 2.24) is 15.0 Å². The van der Waals surface area contributed by atoms with Gasteiger partial charge in [-0.2, -0.15) is 0 Å². The van der Waals surface area contributed by atoms with E-state index in [4.69, 9.17) is 0 Å². The largest absolute Gasteiger partial charge is 0.237 e. The molecule has 5 heteroatoms. The molecule has 2 heterocycles. The molecule has 0 amide bonds. The van der Waals surface area contributed by atoms with Crippen molar-refractivity contribution in [3.05, 3.63) is 35.3 Å². The highest BCUT2D eigenvalue weighted by Crippen LogP contribution is 2.30. The lowest BCUT2D eigenvalue weighted by atomic mass is 10.1. The lowest BCUT2D eigenvalue weighted by Gasteiger charge is -2.03. The molecular formula is C13H11N3S2. The molecule has 0 saturated heterocycles. The highest BCUT2D eigenvalue weighted by atomic mass is 32.2. The Morgan fingerprint density at radius 2 is 1.83 bits per heavy atom. The predicted molar refractivity (Wildman–Crippen MR) is 77.2 cm³/mol. The van der Waals surface area contributed by atoms with Crippen LogP contribution >= 0.6 is 23.1 Å². The Bertz CT molecular complexity index is 692. The minimum atomic E-state index is 0.796. The molecule has 18 heavy (non-hydrogen) atoms. The number of fused-ring (bicyclic) bond motifs is 1. The lowest BCUT2D eigenvalue weighted by molar-refractivity contribution is 1.01. The standard InChI is InChI=1S/C13H11N3S2/c1-8-14-11-10(9-6-4-3-5-7-9)15-13(17-2)16-12(11)18-8/h3-7H,1-2H3. The van der Waals surface area contributed by atoms with E-state index in [1.54, 1.807) is 23.1 Å². The molecule has 0 aliphatic carbocycles. The number of nitrogens with zero attached hydrogens (tertiary/aromatic N) is 3. The summed E-state index contributed by atoms with van der Waals surface area (Å²) >= 11 is 3.17. The van der Waals surface area contributed by atoms with Crippen LogP contribution in [0.1, 0.15) is 5.01 Å². The van der Waals surface area contributed by atoms with Crippen molar-refractivity contribution >= 4 is 33.4 Å². The zero-order valence-electron chi connectivity index (χ0n) is 10.0. The Balaban J connectivity index is 2.32. The summed E-state index contributed by atoms with van der Waals surface area (Å²) in [6, 6.07) is 10.1.